The summed E-state index contributed by atoms with van der Waals surface area (Å²) in [5.41, 5.74) is 2.12. The molecule has 1 heterocycles. The molecule has 104 valence electrons. The summed E-state index contributed by atoms with van der Waals surface area (Å²) in [6.07, 6.45) is 3.75. The number of benzene rings is 1. The van der Waals surface area contributed by atoms with Gasteiger partial charge in [-0.1, -0.05) is 24.3 Å². The third-order valence-corrected chi connectivity index (χ3v) is 3.01. The fourth-order valence-corrected chi connectivity index (χ4v) is 1.99. The minimum Gasteiger partial charge on any atom is -0.490 e. The summed E-state index contributed by atoms with van der Waals surface area (Å²) < 4.78 is 7.28. The molecule has 0 saturated heterocycles. The molecule has 2 aromatic rings. The number of hydrogen-bond acceptors (Lipinski definition) is 2. The van der Waals surface area contributed by atoms with Crippen molar-refractivity contribution in [1.82, 2.24) is 4.57 Å². The largest absolute Gasteiger partial charge is 0.490 e. The molecule has 20 heavy (non-hydrogen) atoms. The number of pyridine rings is 1. The highest BCUT2D eigenvalue weighted by molar-refractivity contribution is 5.80. The first-order valence-electron chi connectivity index (χ1n) is 6.62. The van der Waals surface area contributed by atoms with E-state index in [9.17, 15) is 4.79 Å². The van der Waals surface area contributed by atoms with Gasteiger partial charge in [-0.2, -0.15) is 0 Å². The third-order valence-electron chi connectivity index (χ3n) is 3.01. The molecule has 0 atom stereocenters. The molecule has 0 aliphatic rings. The van der Waals surface area contributed by atoms with E-state index in [1.54, 1.807) is 16.7 Å². The van der Waals surface area contributed by atoms with E-state index >= 15 is 0 Å². The second-order valence-corrected chi connectivity index (χ2v) is 4.88. The summed E-state index contributed by atoms with van der Waals surface area (Å²) in [5, 5.41) is 0.994. The minimum atomic E-state index is 0.00904. The van der Waals surface area contributed by atoms with Crippen LogP contribution in [-0.4, -0.2) is 11.2 Å². The topological polar surface area (TPSA) is 31.2 Å². The van der Waals surface area contributed by atoms with Gasteiger partial charge in [-0.3, -0.25) is 4.79 Å². The van der Waals surface area contributed by atoms with E-state index < -0.39 is 0 Å². The average Bonchev–Trinajstić information content (AvgIpc) is 2.43. The van der Waals surface area contributed by atoms with E-state index in [-0.39, 0.29) is 5.56 Å². The Bertz CT molecular complexity index is 706. The lowest BCUT2D eigenvalue weighted by molar-refractivity contribution is 0.364. The van der Waals surface area contributed by atoms with Crippen molar-refractivity contribution in [2.24, 2.45) is 0 Å². The Morgan fingerprint density at radius 2 is 2.10 bits per heavy atom. The van der Waals surface area contributed by atoms with Crippen LogP contribution in [0.15, 0.2) is 59.4 Å². The van der Waals surface area contributed by atoms with Gasteiger partial charge in [0.05, 0.1) is 5.52 Å². The van der Waals surface area contributed by atoms with Gasteiger partial charge in [-0.15, -0.1) is 0 Å². The molecular formula is C17H19NO2. The predicted octanol–water partition coefficient (Wildman–Crippen LogP) is 3.53. The van der Waals surface area contributed by atoms with Gasteiger partial charge < -0.3 is 9.30 Å². The molecule has 1 aromatic carbocycles. The van der Waals surface area contributed by atoms with Crippen molar-refractivity contribution in [3.8, 4) is 5.75 Å². The van der Waals surface area contributed by atoms with E-state index in [0.717, 1.165) is 16.7 Å². The average molecular weight is 269 g/mol. The Morgan fingerprint density at radius 3 is 2.80 bits per heavy atom. The first-order chi connectivity index (χ1) is 9.61. The minimum absolute atomic E-state index is 0.00904. The number of fused-ring (bicyclic) bond motifs is 1. The number of ether oxygens (including phenoxy) is 1. The molecule has 0 aliphatic carbocycles. The van der Waals surface area contributed by atoms with Crippen LogP contribution in [0.2, 0.25) is 0 Å². The molecule has 1 aromatic heterocycles. The van der Waals surface area contributed by atoms with Crippen LogP contribution in [-0.2, 0) is 6.54 Å². The van der Waals surface area contributed by atoms with Gasteiger partial charge in [-0.05, 0) is 38.1 Å². The van der Waals surface area contributed by atoms with Crippen molar-refractivity contribution in [2.45, 2.75) is 20.4 Å². The zero-order valence-electron chi connectivity index (χ0n) is 11.9. The summed E-state index contributed by atoms with van der Waals surface area (Å²) in [5.74, 6) is 0.782. The van der Waals surface area contributed by atoms with E-state index in [1.165, 1.54) is 5.57 Å². The Hall–Kier alpha value is -2.29. The molecule has 0 radical (unpaired) electrons. The molecule has 3 heteroatoms. The molecular weight excluding hydrogens is 250 g/mol. The molecule has 0 unspecified atom stereocenters. The van der Waals surface area contributed by atoms with E-state index in [4.69, 9.17) is 4.74 Å². The van der Waals surface area contributed by atoms with Gasteiger partial charge in [0, 0.05) is 18.0 Å². The van der Waals surface area contributed by atoms with Crippen molar-refractivity contribution in [2.75, 3.05) is 6.61 Å². The van der Waals surface area contributed by atoms with Crippen LogP contribution in [0, 0.1) is 0 Å². The van der Waals surface area contributed by atoms with Gasteiger partial charge in [0.2, 0.25) is 0 Å². The number of rotatable bonds is 5. The van der Waals surface area contributed by atoms with Crippen LogP contribution < -0.4 is 10.3 Å². The first kappa shape index (κ1) is 14.1. The molecule has 0 aliphatic heterocycles. The second kappa shape index (κ2) is 6.24. The van der Waals surface area contributed by atoms with Crippen molar-refractivity contribution < 1.29 is 4.74 Å². The number of nitrogens with zero attached hydrogens (tertiary/aromatic N) is 1. The molecule has 3 nitrogen and oxygen atoms in total. The quantitative estimate of drug-likeness (QED) is 0.777. The SMILES string of the molecule is C=CCOc1ccc2c(ccc(=O)n2CC=C(C)C)c1. The van der Waals surface area contributed by atoms with E-state index in [0.29, 0.717) is 13.2 Å². The van der Waals surface area contributed by atoms with Crippen LogP contribution in [0.4, 0.5) is 0 Å². The molecule has 0 bridgehead atoms. The summed E-state index contributed by atoms with van der Waals surface area (Å²) in [7, 11) is 0. The molecule has 0 amide bonds. The van der Waals surface area contributed by atoms with Gasteiger partial charge >= 0.3 is 0 Å². The van der Waals surface area contributed by atoms with E-state index in [1.807, 2.05) is 44.2 Å². The number of hydrogen-bond donors (Lipinski definition) is 0. The van der Waals surface area contributed by atoms with E-state index in [2.05, 4.69) is 6.58 Å². The highest BCUT2D eigenvalue weighted by atomic mass is 16.5. The van der Waals surface area contributed by atoms with Crippen molar-refractivity contribution >= 4 is 10.9 Å². The van der Waals surface area contributed by atoms with Crippen LogP contribution >= 0.6 is 0 Å². The fourth-order valence-electron chi connectivity index (χ4n) is 1.99. The maximum Gasteiger partial charge on any atom is 0.251 e. The Kier molecular flexibility index (Phi) is 4.41. The fraction of sp³-hybridized carbons (Fsp3) is 0.235. The normalized spacial score (nSPS) is 10.3. The molecule has 0 spiro atoms. The first-order valence-corrected chi connectivity index (χ1v) is 6.62. The zero-order chi connectivity index (χ0) is 14.5. The number of allylic oxidation sites excluding steroid dienone is 2. The molecule has 0 N–H and O–H groups in total. The van der Waals surface area contributed by atoms with Crippen LogP contribution in [0.1, 0.15) is 13.8 Å². The standard InChI is InChI=1S/C17H19NO2/c1-4-11-20-15-6-7-16-14(12-15)5-8-17(19)18(16)10-9-13(2)3/h4-9,12H,1,10-11H2,2-3H3. The lowest BCUT2D eigenvalue weighted by Gasteiger charge is -2.10. The summed E-state index contributed by atoms with van der Waals surface area (Å²) in [6, 6.07) is 9.17. The van der Waals surface area contributed by atoms with Gasteiger partial charge in [0.25, 0.3) is 5.56 Å². The Balaban J connectivity index is 2.46. The number of aromatic nitrogens is 1. The predicted molar refractivity (Wildman–Crippen MR) is 83.3 cm³/mol. The monoisotopic (exact) mass is 269 g/mol. The summed E-state index contributed by atoms with van der Waals surface area (Å²) in [4.78, 5) is 12.0. The van der Waals surface area contributed by atoms with Gasteiger partial charge in [0.1, 0.15) is 12.4 Å². The van der Waals surface area contributed by atoms with Gasteiger partial charge in [0.15, 0.2) is 0 Å². The lowest BCUT2D eigenvalue weighted by Crippen LogP contribution is -2.18. The van der Waals surface area contributed by atoms with Crippen molar-refractivity contribution in [3.05, 3.63) is 65.0 Å². The van der Waals surface area contributed by atoms with Crippen LogP contribution in [0.3, 0.4) is 0 Å². The smallest absolute Gasteiger partial charge is 0.251 e. The van der Waals surface area contributed by atoms with Crippen molar-refractivity contribution in [1.29, 1.82) is 0 Å². The summed E-state index contributed by atoms with van der Waals surface area (Å²) >= 11 is 0. The highest BCUT2D eigenvalue weighted by Crippen LogP contribution is 2.20. The maximum atomic E-state index is 12.0. The molecule has 0 fully saturated rings. The summed E-state index contributed by atoms with van der Waals surface area (Å²) in [6.45, 7) is 8.74. The Labute approximate surface area is 118 Å². The van der Waals surface area contributed by atoms with Crippen molar-refractivity contribution in [3.63, 3.8) is 0 Å². The van der Waals surface area contributed by atoms with Crippen LogP contribution in [0.5, 0.6) is 5.75 Å². The molecule has 0 saturated carbocycles. The van der Waals surface area contributed by atoms with Gasteiger partial charge in [-0.25, -0.2) is 0 Å². The molecule has 2 rings (SSSR count). The lowest BCUT2D eigenvalue weighted by atomic mass is 10.2. The highest BCUT2D eigenvalue weighted by Gasteiger charge is 2.03. The van der Waals surface area contributed by atoms with Crippen LogP contribution in [0.25, 0.3) is 10.9 Å². The maximum absolute atomic E-state index is 12.0. The third kappa shape index (κ3) is 3.18. The Morgan fingerprint density at radius 1 is 1.30 bits per heavy atom. The second-order valence-electron chi connectivity index (χ2n) is 4.88. The zero-order valence-corrected chi connectivity index (χ0v) is 11.9.